The number of fused-ring (bicyclic) bond motifs is 1. The van der Waals surface area contributed by atoms with Crippen LogP contribution in [0.5, 0.6) is 0 Å². The van der Waals surface area contributed by atoms with Gasteiger partial charge in [-0.1, -0.05) is 0 Å². The monoisotopic (exact) mass is 237 g/mol. The molecule has 0 spiro atoms. The molecule has 1 aromatic rings. The van der Waals surface area contributed by atoms with Crippen molar-refractivity contribution in [3.05, 3.63) is 28.0 Å². The molecule has 1 N–H and O–H groups in total. The van der Waals surface area contributed by atoms with Gasteiger partial charge in [0.25, 0.3) is 5.56 Å². The molecule has 0 saturated carbocycles. The first-order chi connectivity index (χ1) is 7.67. The summed E-state index contributed by atoms with van der Waals surface area (Å²) in [5.74, 6) is 0.891. The summed E-state index contributed by atoms with van der Waals surface area (Å²) in [7, 11) is 0. The zero-order valence-corrected chi connectivity index (χ0v) is 10.5. The van der Waals surface area contributed by atoms with Crippen LogP contribution in [-0.4, -0.2) is 22.0 Å². The van der Waals surface area contributed by atoms with Crippen LogP contribution in [0, 0.1) is 0 Å². The van der Waals surface area contributed by atoms with Crippen LogP contribution in [0.2, 0.25) is 0 Å². The molecule has 1 aliphatic rings. The molecule has 0 fully saturated rings. The Kier molecular flexibility index (Phi) is 3.05. The maximum absolute atomic E-state index is 11.7. The molecule has 0 radical (unpaired) electrons. The summed E-state index contributed by atoms with van der Waals surface area (Å²) < 4.78 is 1.75. The number of rotatable bonds is 2. The third-order valence-corrected chi connectivity index (χ3v) is 3.35. The Balaban J connectivity index is 2.60. The second kappa shape index (κ2) is 4.33. The second-order valence-corrected chi connectivity index (χ2v) is 4.54. The fourth-order valence-electron chi connectivity index (χ4n) is 1.85. The fourth-order valence-corrected chi connectivity index (χ4v) is 2.34. The van der Waals surface area contributed by atoms with Gasteiger partial charge in [0.2, 0.25) is 0 Å². The van der Waals surface area contributed by atoms with Crippen LogP contribution >= 0.6 is 11.8 Å². The molecule has 1 aromatic heterocycles. The quantitative estimate of drug-likeness (QED) is 0.852. The highest BCUT2D eigenvalue weighted by molar-refractivity contribution is 7.99. The molecule has 0 amide bonds. The van der Waals surface area contributed by atoms with E-state index in [0.717, 1.165) is 17.1 Å². The average molecular weight is 237 g/mol. The van der Waals surface area contributed by atoms with Gasteiger partial charge in [-0.25, -0.2) is 0 Å². The number of nitrogens with one attached hydrogen (secondary N) is 1. The summed E-state index contributed by atoms with van der Waals surface area (Å²) >= 11 is 1.62. The number of hydrogen-bond acceptors (Lipinski definition) is 4. The fraction of sp³-hybridized carbons (Fsp3) is 0.455. The normalized spacial score (nSPS) is 18.7. The van der Waals surface area contributed by atoms with Crippen LogP contribution in [0.25, 0.3) is 0 Å². The molecular weight excluding hydrogens is 222 g/mol. The zero-order chi connectivity index (χ0) is 11.7. The van der Waals surface area contributed by atoms with Crippen molar-refractivity contribution in [2.75, 3.05) is 11.6 Å². The lowest BCUT2D eigenvalue weighted by atomic mass is 10.1. The standard InChI is InChI=1S/C11H15N3OS/c1-4-14-9(15)6-5-8-7(2)12-11(16-3)13-10(8)14/h5-6,11,13H,4H2,1-3H3. The van der Waals surface area contributed by atoms with E-state index in [-0.39, 0.29) is 11.1 Å². The van der Waals surface area contributed by atoms with Crippen LogP contribution < -0.4 is 10.9 Å². The van der Waals surface area contributed by atoms with E-state index in [1.54, 1.807) is 22.4 Å². The third kappa shape index (κ3) is 1.75. The van der Waals surface area contributed by atoms with Gasteiger partial charge in [-0.3, -0.25) is 14.4 Å². The van der Waals surface area contributed by atoms with Gasteiger partial charge in [0.05, 0.1) is 0 Å². The van der Waals surface area contributed by atoms with Crippen molar-refractivity contribution in [1.29, 1.82) is 0 Å². The van der Waals surface area contributed by atoms with Crippen molar-refractivity contribution in [3.8, 4) is 0 Å². The molecule has 1 atom stereocenters. The van der Waals surface area contributed by atoms with Gasteiger partial charge in [0, 0.05) is 23.9 Å². The minimum atomic E-state index is 0.00657. The first-order valence-electron chi connectivity index (χ1n) is 5.25. The summed E-state index contributed by atoms with van der Waals surface area (Å²) in [5.41, 5.74) is 2.04. The molecular formula is C11H15N3OS. The van der Waals surface area contributed by atoms with E-state index in [2.05, 4.69) is 10.3 Å². The van der Waals surface area contributed by atoms with Crippen molar-refractivity contribution < 1.29 is 0 Å². The summed E-state index contributed by atoms with van der Waals surface area (Å²) in [6.45, 7) is 4.62. The molecule has 2 heterocycles. The van der Waals surface area contributed by atoms with Gasteiger partial charge in [0.1, 0.15) is 5.82 Å². The van der Waals surface area contributed by atoms with E-state index in [4.69, 9.17) is 0 Å². The van der Waals surface area contributed by atoms with Crippen molar-refractivity contribution in [3.63, 3.8) is 0 Å². The smallest absolute Gasteiger partial charge is 0.252 e. The largest absolute Gasteiger partial charge is 0.341 e. The Morgan fingerprint density at radius 3 is 2.94 bits per heavy atom. The maximum atomic E-state index is 11.7. The Bertz CT molecular complexity index is 492. The third-order valence-electron chi connectivity index (χ3n) is 2.68. The van der Waals surface area contributed by atoms with Crippen molar-refractivity contribution in [2.45, 2.75) is 25.9 Å². The minimum Gasteiger partial charge on any atom is -0.341 e. The van der Waals surface area contributed by atoms with E-state index < -0.39 is 0 Å². The van der Waals surface area contributed by atoms with Crippen molar-refractivity contribution in [2.24, 2.45) is 4.99 Å². The molecule has 4 nitrogen and oxygen atoms in total. The molecule has 1 unspecified atom stereocenters. The van der Waals surface area contributed by atoms with Crippen LogP contribution in [-0.2, 0) is 6.54 Å². The van der Waals surface area contributed by atoms with E-state index in [1.807, 2.05) is 26.2 Å². The predicted molar refractivity (Wildman–Crippen MR) is 69.5 cm³/mol. The predicted octanol–water partition coefficient (Wildman–Crippen LogP) is 1.75. The first-order valence-corrected chi connectivity index (χ1v) is 6.54. The molecule has 0 saturated heterocycles. The van der Waals surface area contributed by atoms with Crippen LogP contribution in [0.3, 0.4) is 0 Å². The number of anilines is 1. The lowest BCUT2D eigenvalue weighted by molar-refractivity contribution is 0.724. The Hall–Kier alpha value is -1.23. The van der Waals surface area contributed by atoms with Crippen LogP contribution in [0.1, 0.15) is 19.4 Å². The molecule has 86 valence electrons. The summed E-state index contributed by atoms with van der Waals surface area (Å²) in [4.78, 5) is 16.2. The van der Waals surface area contributed by atoms with Gasteiger partial charge >= 0.3 is 0 Å². The molecule has 5 heteroatoms. The molecule has 0 bridgehead atoms. The topological polar surface area (TPSA) is 46.4 Å². The SMILES string of the molecule is CCn1c2c(ccc1=O)C(C)=NC(SC)N2. The molecule has 16 heavy (non-hydrogen) atoms. The summed E-state index contributed by atoms with van der Waals surface area (Å²) in [6.07, 6.45) is 2.00. The number of nitrogens with zero attached hydrogens (tertiary/aromatic N) is 2. The Morgan fingerprint density at radius 1 is 1.56 bits per heavy atom. The van der Waals surface area contributed by atoms with Gasteiger partial charge < -0.3 is 5.32 Å². The summed E-state index contributed by atoms with van der Waals surface area (Å²) in [6, 6.07) is 3.44. The van der Waals surface area contributed by atoms with Crippen LogP contribution in [0.15, 0.2) is 21.9 Å². The van der Waals surface area contributed by atoms with Crippen LogP contribution in [0.4, 0.5) is 5.82 Å². The Morgan fingerprint density at radius 2 is 2.31 bits per heavy atom. The molecule has 1 aliphatic heterocycles. The van der Waals surface area contributed by atoms with Gasteiger partial charge in [0.15, 0.2) is 5.50 Å². The highest BCUT2D eigenvalue weighted by Crippen LogP contribution is 2.24. The minimum absolute atomic E-state index is 0.00657. The first kappa shape index (κ1) is 11.3. The second-order valence-electron chi connectivity index (χ2n) is 3.63. The molecule has 0 aliphatic carbocycles. The zero-order valence-electron chi connectivity index (χ0n) is 9.65. The average Bonchev–Trinajstić information content (AvgIpc) is 2.28. The highest BCUT2D eigenvalue weighted by atomic mass is 32.2. The number of pyridine rings is 1. The Labute approximate surface area is 98.8 Å². The van der Waals surface area contributed by atoms with E-state index in [9.17, 15) is 4.79 Å². The van der Waals surface area contributed by atoms with Crippen molar-refractivity contribution >= 4 is 23.3 Å². The lowest BCUT2D eigenvalue weighted by Gasteiger charge is -2.25. The number of aliphatic imine (C=N–C) groups is 1. The van der Waals surface area contributed by atoms with E-state index >= 15 is 0 Å². The van der Waals surface area contributed by atoms with Gasteiger partial charge in [-0.15, -0.1) is 11.8 Å². The number of aromatic nitrogens is 1. The van der Waals surface area contributed by atoms with Crippen molar-refractivity contribution in [1.82, 2.24) is 4.57 Å². The highest BCUT2D eigenvalue weighted by Gasteiger charge is 2.19. The maximum Gasteiger partial charge on any atom is 0.252 e. The van der Waals surface area contributed by atoms with E-state index in [0.29, 0.717) is 6.54 Å². The van der Waals surface area contributed by atoms with E-state index in [1.165, 1.54) is 0 Å². The number of thioether (sulfide) groups is 1. The lowest BCUT2D eigenvalue weighted by Crippen LogP contribution is -2.30. The van der Waals surface area contributed by atoms with Gasteiger partial charge in [-0.2, -0.15) is 0 Å². The number of hydrogen-bond donors (Lipinski definition) is 1. The molecule has 0 aromatic carbocycles. The van der Waals surface area contributed by atoms with Gasteiger partial charge in [-0.05, 0) is 26.2 Å². The summed E-state index contributed by atoms with van der Waals surface area (Å²) in [5, 5.41) is 3.28. The molecule has 2 rings (SSSR count).